The molecule has 10 aromatic carbocycles. The van der Waals surface area contributed by atoms with Crippen molar-refractivity contribution in [1.29, 1.82) is 0 Å². The van der Waals surface area contributed by atoms with Crippen molar-refractivity contribution in [2.75, 3.05) is 0 Å². The molecular formula is C129H174O10. The third-order valence-corrected chi connectivity index (χ3v) is 35.4. The zero-order valence-electron chi connectivity index (χ0n) is 89.5. The van der Waals surface area contributed by atoms with Crippen LogP contribution >= 0.6 is 0 Å². The topological polar surface area (TPSA) is 130 Å². The predicted molar refractivity (Wildman–Crippen MR) is 577 cm³/mol. The first-order valence-electron chi connectivity index (χ1n) is 54.6. The molecule has 10 nitrogen and oxygen atoms in total. The molecule has 0 aromatic heterocycles. The van der Waals surface area contributed by atoms with Gasteiger partial charge in [0.25, 0.3) is 0 Å². The average Bonchev–Trinajstić information content (AvgIpc) is 1.56. The van der Waals surface area contributed by atoms with Crippen LogP contribution in [0.5, 0.6) is 23.0 Å². The lowest BCUT2D eigenvalue weighted by Gasteiger charge is -2.35. The van der Waals surface area contributed by atoms with Crippen molar-refractivity contribution in [3.63, 3.8) is 0 Å². The van der Waals surface area contributed by atoms with Gasteiger partial charge in [-0.2, -0.15) is 0 Å². The minimum Gasteiger partial charge on any atom is -0.508 e. The molecular weight excluding hydrogens is 1710 g/mol. The van der Waals surface area contributed by atoms with Gasteiger partial charge in [0.1, 0.15) is 34.2 Å². The van der Waals surface area contributed by atoms with Gasteiger partial charge in [-0.15, -0.1) is 0 Å². The van der Waals surface area contributed by atoms with Gasteiger partial charge in [-0.3, -0.25) is 9.59 Å². The molecule has 22 atom stereocenters. The molecule has 4 bridgehead atoms. The summed E-state index contributed by atoms with van der Waals surface area (Å²) in [4.78, 5) is 24.6. The fraction of sp³-hybridized carbons (Fsp3) is 0.550. The van der Waals surface area contributed by atoms with Gasteiger partial charge >= 0.3 is 11.9 Å². The summed E-state index contributed by atoms with van der Waals surface area (Å²) in [7, 11) is 0. The molecule has 2 N–H and O–H groups in total. The second kappa shape index (κ2) is 47.8. The Labute approximate surface area is 838 Å². The molecule has 0 amide bonds. The van der Waals surface area contributed by atoms with E-state index in [2.05, 4.69) is 269 Å². The van der Waals surface area contributed by atoms with Gasteiger partial charge in [0.05, 0.1) is 23.0 Å². The van der Waals surface area contributed by atoms with Crippen LogP contribution < -0.4 is 9.47 Å². The Morgan fingerprint density at radius 2 is 0.698 bits per heavy atom. The van der Waals surface area contributed by atoms with Crippen molar-refractivity contribution in [3.8, 4) is 23.0 Å². The smallest absolute Gasteiger partial charge is 0.312 e. The van der Waals surface area contributed by atoms with Crippen molar-refractivity contribution in [2.24, 2.45) is 70.0 Å². The zero-order valence-corrected chi connectivity index (χ0v) is 89.5. The molecule has 0 spiro atoms. The van der Waals surface area contributed by atoms with Crippen molar-refractivity contribution in [1.82, 2.24) is 0 Å². The number of hydrogen-bond donors (Lipinski definition) is 2. The summed E-state index contributed by atoms with van der Waals surface area (Å²) in [5, 5.41) is 23.8. The normalized spacial score (nSPS) is 26.0. The van der Waals surface area contributed by atoms with Crippen LogP contribution in [0.2, 0.25) is 0 Å². The van der Waals surface area contributed by atoms with Gasteiger partial charge in [0.15, 0.2) is 0 Å². The summed E-state index contributed by atoms with van der Waals surface area (Å²) in [6.07, 6.45) is 25.5. The molecule has 750 valence electrons. The van der Waals surface area contributed by atoms with Crippen molar-refractivity contribution in [2.45, 2.75) is 384 Å². The highest BCUT2D eigenvalue weighted by molar-refractivity contribution is 5.93. The summed E-state index contributed by atoms with van der Waals surface area (Å²) in [6, 6.07) is 75.5. The first-order chi connectivity index (χ1) is 66.5. The second-order valence-corrected chi connectivity index (χ2v) is 45.6. The lowest BCUT2D eigenvalue weighted by Crippen LogP contribution is -2.37. The number of carbonyl (C=O) groups excluding carboxylic acids is 2. The number of aryl methyl sites for hydroxylation is 2. The van der Waals surface area contributed by atoms with Crippen LogP contribution in [0.25, 0.3) is 21.5 Å². The van der Waals surface area contributed by atoms with Gasteiger partial charge < -0.3 is 38.6 Å². The van der Waals surface area contributed by atoms with E-state index in [1.807, 2.05) is 90.9 Å². The molecule has 0 radical (unpaired) electrons. The van der Waals surface area contributed by atoms with Gasteiger partial charge in [-0.25, -0.2) is 0 Å². The number of carbonyl (C=O) groups is 2. The summed E-state index contributed by atoms with van der Waals surface area (Å²) >= 11 is 0. The molecule has 10 aliphatic rings. The Bertz CT molecular complexity index is 5230. The Hall–Kier alpha value is -9.22. The van der Waals surface area contributed by atoms with Crippen LogP contribution in [0.15, 0.2) is 218 Å². The van der Waals surface area contributed by atoms with E-state index in [4.69, 9.17) is 38.6 Å². The molecule has 10 aromatic rings. The third-order valence-electron chi connectivity index (χ3n) is 35.4. The maximum Gasteiger partial charge on any atom is 0.312 e. The number of fused-ring (bicyclic) bond motifs is 12. The number of phenols is 2. The van der Waals surface area contributed by atoms with E-state index in [-0.39, 0.29) is 24.5 Å². The first kappa shape index (κ1) is 107. The largest absolute Gasteiger partial charge is 0.508 e. The van der Waals surface area contributed by atoms with Crippen LogP contribution in [0.4, 0.5) is 0 Å². The quantitative estimate of drug-likeness (QED) is 0.0421. The highest BCUT2D eigenvalue weighted by Gasteiger charge is 2.57. The average molecular weight is 1880 g/mol. The van der Waals surface area contributed by atoms with E-state index in [0.717, 1.165) is 117 Å². The van der Waals surface area contributed by atoms with Crippen molar-refractivity contribution >= 4 is 33.5 Å². The second-order valence-electron chi connectivity index (χ2n) is 45.6. The molecule has 20 rings (SSSR count). The summed E-state index contributed by atoms with van der Waals surface area (Å²) in [5.41, 5.74) is 14.9. The Kier molecular flexibility index (Phi) is 36.8. The van der Waals surface area contributed by atoms with Gasteiger partial charge in [-0.05, 0) is 388 Å². The lowest BCUT2D eigenvalue weighted by molar-refractivity contribution is -0.173. The molecule has 6 saturated carbocycles. The number of aromatic hydroxyl groups is 2. The Morgan fingerprint density at radius 1 is 0.374 bits per heavy atom. The molecule has 22 unspecified atom stereocenters. The number of phenolic OH excluding ortho intramolecular Hbond substituents is 2. The van der Waals surface area contributed by atoms with E-state index in [0.29, 0.717) is 82.9 Å². The lowest BCUT2D eigenvalue weighted by atomic mass is 9.80. The van der Waals surface area contributed by atoms with E-state index in [1.165, 1.54) is 165 Å². The standard InChI is InChI=1S/2C24H36O2.C17H24O2.C16H22O2.2C14H14.2C10H14O/c2*1-5-16(4)17-9-11-19(12-10-17)25-24(15(2)3)26-23-14-18-13-22(23)21-8-6-7-20(18)21;1-5-16(3,4)15(18)19-17(6-2)12-11-13-9-7-8-10-14(13)17;1-5-15(2,3)14(17)18-16(4)11-10-12-8-6-7-9-13(12)16;2*1-9-10(2)13-8-4-6-11-5-3-7-12(9)14(11)13;2*1-3-8(2)9-4-6-10(11)7-5-9/h2*9-12,15-16,18,20-24H,5-8,13-14H2,1-4H3;7-10H,5-6,11-12H2,1-4H3;6-9H,5,10-11H2,1-4H3;2*3-10H,1-2H3;2*4-8,11H,3H2,1-2H3. The van der Waals surface area contributed by atoms with Gasteiger partial charge in [-0.1, -0.05) is 314 Å². The summed E-state index contributed by atoms with van der Waals surface area (Å²) in [5.74, 6) is 15.6. The number of hydrogen-bond acceptors (Lipinski definition) is 10. The number of esters is 2. The van der Waals surface area contributed by atoms with Crippen molar-refractivity contribution in [3.05, 3.63) is 285 Å². The molecule has 0 saturated heterocycles. The van der Waals surface area contributed by atoms with Crippen LogP contribution in [-0.4, -0.2) is 46.9 Å². The molecule has 0 aliphatic heterocycles. The Morgan fingerprint density at radius 3 is 1.04 bits per heavy atom. The zero-order chi connectivity index (χ0) is 100.0. The fourth-order valence-electron chi connectivity index (χ4n) is 24.3. The van der Waals surface area contributed by atoms with Crippen LogP contribution in [0, 0.1) is 70.0 Å². The number of benzene rings is 10. The number of rotatable bonds is 25. The molecule has 10 aliphatic carbocycles. The third kappa shape index (κ3) is 25.0. The van der Waals surface area contributed by atoms with E-state index in [1.54, 1.807) is 24.3 Å². The molecule has 10 heteroatoms. The van der Waals surface area contributed by atoms with Crippen LogP contribution in [0.1, 0.15) is 402 Å². The van der Waals surface area contributed by atoms with Gasteiger partial charge in [0, 0.05) is 11.8 Å². The summed E-state index contributed by atoms with van der Waals surface area (Å²) < 4.78 is 37.6. The molecule has 139 heavy (non-hydrogen) atoms. The van der Waals surface area contributed by atoms with E-state index in [9.17, 15) is 9.59 Å². The molecule has 0 heterocycles. The van der Waals surface area contributed by atoms with E-state index < -0.39 is 22.0 Å². The highest BCUT2D eigenvalue weighted by atomic mass is 16.7. The minimum atomic E-state index is -0.444. The monoisotopic (exact) mass is 1880 g/mol. The fourth-order valence-corrected chi connectivity index (χ4v) is 24.3. The van der Waals surface area contributed by atoms with Crippen molar-refractivity contribution < 1.29 is 48.2 Å². The van der Waals surface area contributed by atoms with Crippen LogP contribution in [-0.2, 0) is 52.6 Å². The van der Waals surface area contributed by atoms with Gasteiger partial charge in [0.2, 0.25) is 12.6 Å². The van der Waals surface area contributed by atoms with E-state index >= 15 is 0 Å². The summed E-state index contributed by atoms with van der Waals surface area (Å²) in [6.45, 7) is 51.9. The highest BCUT2D eigenvalue weighted by Crippen LogP contribution is 2.62. The Balaban J connectivity index is 0.000000136. The SMILES string of the molecule is CC1c2cccc3cccc(c23)C1C.CC1c2cccc3cccc(c23)C1C.CCC(C)(C)C(=O)OC1(C)CCc2ccccc21.CCC(C)(C)C(=O)OC1(CC)CCc2ccccc21.CCC(C)c1ccc(O)cc1.CCC(C)c1ccc(O)cc1.CCC(C)c1ccc(OC(OC2CC3CC2C2CCCC32)C(C)C)cc1.CCC(C)c1ccc(OC(OC2CC3CC2C2CCCC32)C(C)C)cc1. The maximum atomic E-state index is 12.4. The minimum absolute atomic E-state index is 0.0754. The predicted octanol–water partition coefficient (Wildman–Crippen LogP) is 34.8. The number of ether oxygens (including phenoxy) is 6. The first-order valence-corrected chi connectivity index (χ1v) is 54.6. The molecule has 6 fully saturated rings. The maximum absolute atomic E-state index is 12.4. The van der Waals surface area contributed by atoms with Crippen LogP contribution in [0.3, 0.4) is 0 Å².